The van der Waals surface area contributed by atoms with Crippen molar-refractivity contribution in [2.45, 2.75) is 51.2 Å². The van der Waals surface area contributed by atoms with E-state index in [0.29, 0.717) is 27.8 Å². The van der Waals surface area contributed by atoms with Crippen molar-refractivity contribution in [3.63, 3.8) is 0 Å². The van der Waals surface area contributed by atoms with Crippen molar-refractivity contribution in [1.29, 1.82) is 5.26 Å². The second-order valence-corrected chi connectivity index (χ2v) is 11.4. The summed E-state index contributed by atoms with van der Waals surface area (Å²) in [7, 11) is 1.45. The maximum atomic E-state index is 13.3. The van der Waals surface area contributed by atoms with Crippen LogP contribution in [-0.4, -0.2) is 35.6 Å². The standard InChI is InChI=1S/C33H32F3N5O3/c1-18(38)25(17-37)19-9-11-20(12-10-19)28-27(30(43)39-5)24-16-23(26(40-31(24)44-28)13-14-33(34,35)36)21-7-6-8-22(15-21)29(42)41-32(2,3)4/h6-12,15-16,25H,1,13-14,38H2,2-5H3,(H,39,43)(H,41,42). The van der Waals surface area contributed by atoms with E-state index in [0.717, 1.165) is 0 Å². The molecule has 0 spiro atoms. The van der Waals surface area contributed by atoms with Gasteiger partial charge in [-0.3, -0.25) is 9.59 Å². The molecule has 8 nitrogen and oxygen atoms in total. The Morgan fingerprint density at radius 1 is 1.07 bits per heavy atom. The molecule has 4 aromatic rings. The van der Waals surface area contributed by atoms with Crippen LogP contribution in [0.2, 0.25) is 0 Å². The highest BCUT2D eigenvalue weighted by Gasteiger charge is 2.29. The van der Waals surface area contributed by atoms with Gasteiger partial charge in [0.25, 0.3) is 11.8 Å². The molecule has 2 aromatic carbocycles. The Morgan fingerprint density at radius 3 is 2.32 bits per heavy atom. The van der Waals surface area contributed by atoms with Crippen molar-refractivity contribution in [3.8, 4) is 28.5 Å². The molecule has 0 saturated heterocycles. The minimum Gasteiger partial charge on any atom is -0.437 e. The van der Waals surface area contributed by atoms with Crippen LogP contribution in [0, 0.1) is 11.3 Å². The first kappa shape index (κ1) is 31.8. The zero-order chi connectivity index (χ0) is 32.4. The Kier molecular flexibility index (Phi) is 8.86. The van der Waals surface area contributed by atoms with Crippen molar-refractivity contribution in [1.82, 2.24) is 15.6 Å². The molecule has 0 aliphatic heterocycles. The minimum atomic E-state index is -4.44. The van der Waals surface area contributed by atoms with Gasteiger partial charge >= 0.3 is 6.18 Å². The molecule has 0 aliphatic carbocycles. The number of aromatic nitrogens is 1. The SMILES string of the molecule is C=C(N)C(C#N)c1ccc(-c2oc3nc(CCC(F)(F)F)c(-c4cccc(C(=O)NC(C)(C)C)c4)cc3c2C(=O)NC)cc1. The fourth-order valence-corrected chi connectivity index (χ4v) is 4.75. The number of allylic oxidation sites excluding steroid dienone is 1. The lowest BCUT2D eigenvalue weighted by Gasteiger charge is -2.20. The first-order valence-corrected chi connectivity index (χ1v) is 13.7. The van der Waals surface area contributed by atoms with Crippen LogP contribution in [0.4, 0.5) is 13.2 Å². The van der Waals surface area contributed by atoms with E-state index in [-0.39, 0.29) is 39.7 Å². The number of furan rings is 1. The number of carbonyl (C=O) groups excluding carboxylic acids is 2. The van der Waals surface area contributed by atoms with Gasteiger partial charge in [0.2, 0.25) is 5.71 Å². The monoisotopic (exact) mass is 603 g/mol. The topological polar surface area (TPSA) is 134 Å². The predicted octanol–water partition coefficient (Wildman–Crippen LogP) is 6.62. The van der Waals surface area contributed by atoms with E-state index in [1.165, 1.54) is 7.05 Å². The van der Waals surface area contributed by atoms with E-state index in [1.807, 2.05) is 20.8 Å². The number of nitriles is 1. The molecular formula is C33H32F3N5O3. The number of alkyl halides is 3. The summed E-state index contributed by atoms with van der Waals surface area (Å²) in [5.74, 6) is -1.43. The molecule has 44 heavy (non-hydrogen) atoms. The van der Waals surface area contributed by atoms with E-state index in [4.69, 9.17) is 10.2 Å². The second kappa shape index (κ2) is 12.2. The Hall–Kier alpha value is -5.11. The first-order valence-electron chi connectivity index (χ1n) is 13.7. The molecule has 2 aromatic heterocycles. The van der Waals surface area contributed by atoms with Crippen molar-refractivity contribution < 1.29 is 27.2 Å². The summed E-state index contributed by atoms with van der Waals surface area (Å²) in [6.07, 6.45) is -6.03. The molecule has 0 bridgehead atoms. The van der Waals surface area contributed by atoms with Gasteiger partial charge in [0.15, 0.2) is 0 Å². The van der Waals surface area contributed by atoms with Crippen LogP contribution in [0.25, 0.3) is 33.6 Å². The van der Waals surface area contributed by atoms with Gasteiger partial charge in [-0.15, -0.1) is 0 Å². The van der Waals surface area contributed by atoms with Gasteiger partial charge in [-0.2, -0.15) is 18.4 Å². The number of carbonyl (C=O) groups is 2. The molecular weight excluding hydrogens is 571 g/mol. The Balaban J connectivity index is 1.92. The molecule has 0 radical (unpaired) electrons. The lowest BCUT2D eigenvalue weighted by atomic mass is 9.95. The van der Waals surface area contributed by atoms with Gasteiger partial charge in [0.05, 0.1) is 22.7 Å². The summed E-state index contributed by atoms with van der Waals surface area (Å²) < 4.78 is 46.0. The number of halogens is 3. The number of benzene rings is 2. The van der Waals surface area contributed by atoms with Gasteiger partial charge in [0, 0.05) is 41.4 Å². The first-order chi connectivity index (χ1) is 20.6. The van der Waals surface area contributed by atoms with E-state index >= 15 is 0 Å². The number of hydrogen-bond donors (Lipinski definition) is 3. The Morgan fingerprint density at radius 2 is 1.75 bits per heavy atom. The van der Waals surface area contributed by atoms with Gasteiger partial charge in [-0.1, -0.05) is 43.0 Å². The maximum absolute atomic E-state index is 13.3. The maximum Gasteiger partial charge on any atom is 0.389 e. The number of nitrogens with zero attached hydrogens (tertiary/aromatic N) is 2. The number of nitrogens with one attached hydrogen (secondary N) is 2. The average Bonchev–Trinajstić information content (AvgIpc) is 3.33. The molecule has 4 N–H and O–H groups in total. The molecule has 0 saturated carbocycles. The third-order valence-corrected chi connectivity index (χ3v) is 6.79. The molecule has 4 rings (SSSR count). The van der Waals surface area contributed by atoms with Crippen molar-refractivity contribution >= 4 is 22.9 Å². The number of fused-ring (bicyclic) bond motifs is 1. The Bertz CT molecular complexity index is 1780. The van der Waals surface area contributed by atoms with Crippen molar-refractivity contribution in [2.24, 2.45) is 5.73 Å². The van der Waals surface area contributed by atoms with Crippen LogP contribution in [0.15, 0.2) is 71.3 Å². The van der Waals surface area contributed by atoms with E-state index in [1.54, 1.807) is 54.6 Å². The van der Waals surface area contributed by atoms with Gasteiger partial charge < -0.3 is 20.8 Å². The highest BCUT2D eigenvalue weighted by molar-refractivity contribution is 6.11. The van der Waals surface area contributed by atoms with Crippen LogP contribution in [0.5, 0.6) is 0 Å². The third kappa shape index (κ3) is 7.09. The summed E-state index contributed by atoms with van der Waals surface area (Å²) >= 11 is 0. The molecule has 2 heterocycles. The smallest absolute Gasteiger partial charge is 0.389 e. The fraction of sp³-hybridized carbons (Fsp3) is 0.273. The van der Waals surface area contributed by atoms with Gasteiger partial charge in [0.1, 0.15) is 11.7 Å². The fourth-order valence-electron chi connectivity index (χ4n) is 4.75. The largest absolute Gasteiger partial charge is 0.437 e. The zero-order valence-electron chi connectivity index (χ0n) is 24.7. The molecule has 228 valence electrons. The van der Waals surface area contributed by atoms with Gasteiger partial charge in [-0.25, -0.2) is 4.98 Å². The van der Waals surface area contributed by atoms with Gasteiger partial charge in [-0.05, 0) is 56.5 Å². The number of pyridine rings is 1. The van der Waals surface area contributed by atoms with E-state index in [2.05, 4.69) is 28.3 Å². The summed E-state index contributed by atoms with van der Waals surface area (Å²) in [6, 6.07) is 16.8. The molecule has 2 amide bonds. The van der Waals surface area contributed by atoms with Crippen molar-refractivity contribution in [2.75, 3.05) is 7.05 Å². The summed E-state index contributed by atoms with van der Waals surface area (Å²) in [5.41, 5.74) is 7.80. The van der Waals surface area contributed by atoms with Crippen LogP contribution in [0.3, 0.4) is 0 Å². The highest BCUT2D eigenvalue weighted by Crippen LogP contribution is 2.38. The van der Waals surface area contributed by atoms with Crippen LogP contribution in [0.1, 0.15) is 65.1 Å². The molecule has 11 heteroatoms. The summed E-state index contributed by atoms with van der Waals surface area (Å²) in [5, 5.41) is 15.2. The predicted molar refractivity (Wildman–Crippen MR) is 162 cm³/mol. The molecule has 0 aliphatic rings. The number of amides is 2. The number of rotatable bonds is 8. The summed E-state index contributed by atoms with van der Waals surface area (Å²) in [4.78, 5) is 30.6. The number of nitrogens with two attached hydrogens (primary N) is 1. The summed E-state index contributed by atoms with van der Waals surface area (Å²) in [6.45, 7) is 9.15. The lowest BCUT2D eigenvalue weighted by Crippen LogP contribution is -2.40. The lowest BCUT2D eigenvalue weighted by molar-refractivity contribution is -0.134. The molecule has 1 unspecified atom stereocenters. The van der Waals surface area contributed by atoms with Crippen LogP contribution < -0.4 is 16.4 Å². The molecule has 0 fully saturated rings. The zero-order valence-corrected chi connectivity index (χ0v) is 24.7. The number of hydrogen-bond acceptors (Lipinski definition) is 6. The normalized spacial score (nSPS) is 12.4. The third-order valence-electron chi connectivity index (χ3n) is 6.79. The molecule has 1 atom stereocenters. The van der Waals surface area contributed by atoms with E-state index < -0.39 is 36.4 Å². The van der Waals surface area contributed by atoms with Crippen LogP contribution >= 0.6 is 0 Å². The minimum absolute atomic E-state index is 0.0181. The Labute approximate surface area is 252 Å². The second-order valence-electron chi connectivity index (χ2n) is 11.4. The number of aryl methyl sites for hydroxylation is 1. The van der Waals surface area contributed by atoms with Crippen molar-refractivity contribution in [3.05, 3.63) is 89.3 Å². The van der Waals surface area contributed by atoms with Crippen LogP contribution in [-0.2, 0) is 6.42 Å². The van der Waals surface area contributed by atoms with E-state index in [9.17, 15) is 28.0 Å². The average molecular weight is 604 g/mol. The quantitative estimate of drug-likeness (QED) is 0.207. The highest BCUT2D eigenvalue weighted by atomic mass is 19.4.